The van der Waals surface area contributed by atoms with Gasteiger partial charge in [0.15, 0.2) is 0 Å². The molecule has 0 radical (unpaired) electrons. The fourth-order valence-corrected chi connectivity index (χ4v) is 1.68. The highest BCUT2D eigenvalue weighted by Gasteiger charge is 2.10. The largest absolute Gasteiger partial charge is 0.389 e. The number of aromatic nitrogens is 1. The summed E-state index contributed by atoms with van der Waals surface area (Å²) in [7, 11) is 1.63. The Hall–Kier alpha value is -1.01. The topological polar surface area (TPSA) is 63.6 Å². The van der Waals surface area contributed by atoms with E-state index in [-0.39, 0.29) is 12.1 Å². The molecule has 2 N–H and O–H groups in total. The zero-order valence-corrected chi connectivity index (χ0v) is 11.9. The minimum atomic E-state index is -0.529. The van der Waals surface area contributed by atoms with Gasteiger partial charge in [-0.25, -0.2) is 0 Å². The maximum absolute atomic E-state index is 9.82. The van der Waals surface area contributed by atoms with Gasteiger partial charge in [0.1, 0.15) is 0 Å². The van der Waals surface area contributed by atoms with E-state index in [0.29, 0.717) is 19.8 Å². The molecule has 1 aromatic heterocycles. The molecule has 0 aliphatic heterocycles. The molecule has 0 aliphatic carbocycles. The van der Waals surface area contributed by atoms with Crippen LogP contribution in [0.1, 0.15) is 25.5 Å². The van der Waals surface area contributed by atoms with Gasteiger partial charge in [-0.1, -0.05) is 6.07 Å². The Kier molecular flexibility index (Phi) is 7.59. The van der Waals surface area contributed by atoms with E-state index in [0.717, 1.165) is 5.56 Å². The van der Waals surface area contributed by atoms with Crippen molar-refractivity contribution >= 4 is 0 Å². The quantitative estimate of drug-likeness (QED) is 0.703. The molecule has 108 valence electrons. The summed E-state index contributed by atoms with van der Waals surface area (Å²) >= 11 is 0. The molecule has 2 unspecified atom stereocenters. The second-order valence-electron chi connectivity index (χ2n) is 4.67. The van der Waals surface area contributed by atoms with Crippen molar-refractivity contribution < 1.29 is 14.6 Å². The van der Waals surface area contributed by atoms with Gasteiger partial charge in [-0.15, -0.1) is 0 Å². The molecule has 5 heteroatoms. The lowest BCUT2D eigenvalue weighted by Gasteiger charge is -2.19. The lowest BCUT2D eigenvalue weighted by atomic mass is 10.1. The Labute approximate surface area is 115 Å². The minimum absolute atomic E-state index is 0.00426. The Balaban J connectivity index is 2.21. The van der Waals surface area contributed by atoms with Crippen molar-refractivity contribution in [2.45, 2.75) is 32.1 Å². The number of aliphatic hydroxyl groups is 1. The predicted molar refractivity (Wildman–Crippen MR) is 74.0 cm³/mol. The Morgan fingerprint density at radius 2 is 2.16 bits per heavy atom. The Morgan fingerprint density at radius 3 is 2.79 bits per heavy atom. The van der Waals surface area contributed by atoms with Crippen LogP contribution in [0.15, 0.2) is 24.5 Å². The first-order valence-corrected chi connectivity index (χ1v) is 6.55. The fourth-order valence-electron chi connectivity index (χ4n) is 1.68. The van der Waals surface area contributed by atoms with Crippen LogP contribution in [0.5, 0.6) is 0 Å². The standard InChI is InChI=1S/C14H24N2O3/c1-11(9-18-3)19-10-14(17)8-16-12(2)13-5-4-6-15-7-13/h4-7,11-12,14,16-17H,8-10H2,1-3H3/t11?,12-,14?/m1/s1. The fraction of sp³-hybridized carbons (Fsp3) is 0.643. The van der Waals surface area contributed by atoms with Crippen LogP contribution in [0, 0.1) is 0 Å². The predicted octanol–water partition coefficient (Wildman–Crippen LogP) is 1.14. The SMILES string of the molecule is COCC(C)OCC(O)CN[C@H](C)c1cccnc1. The molecule has 0 aromatic carbocycles. The smallest absolute Gasteiger partial charge is 0.0898 e. The Morgan fingerprint density at radius 1 is 1.37 bits per heavy atom. The van der Waals surface area contributed by atoms with Crippen LogP contribution in [-0.4, -0.2) is 49.2 Å². The van der Waals surface area contributed by atoms with E-state index < -0.39 is 6.10 Å². The average molecular weight is 268 g/mol. The zero-order chi connectivity index (χ0) is 14.1. The second-order valence-corrected chi connectivity index (χ2v) is 4.67. The normalized spacial score (nSPS) is 16.0. The van der Waals surface area contributed by atoms with Gasteiger partial charge < -0.3 is 19.9 Å². The molecule has 1 heterocycles. The molecule has 0 spiro atoms. The first-order valence-electron chi connectivity index (χ1n) is 6.55. The average Bonchev–Trinajstić information content (AvgIpc) is 2.44. The number of hydrogen-bond donors (Lipinski definition) is 2. The van der Waals surface area contributed by atoms with E-state index in [1.54, 1.807) is 13.3 Å². The van der Waals surface area contributed by atoms with Crippen LogP contribution < -0.4 is 5.32 Å². The van der Waals surface area contributed by atoms with Gasteiger partial charge >= 0.3 is 0 Å². The molecule has 1 rings (SSSR count). The highest BCUT2D eigenvalue weighted by molar-refractivity contribution is 5.12. The van der Waals surface area contributed by atoms with E-state index >= 15 is 0 Å². The van der Waals surface area contributed by atoms with Crippen LogP contribution in [0.25, 0.3) is 0 Å². The van der Waals surface area contributed by atoms with Crippen LogP contribution >= 0.6 is 0 Å². The molecule has 0 bridgehead atoms. The molecule has 0 saturated carbocycles. The van der Waals surface area contributed by atoms with E-state index in [9.17, 15) is 5.11 Å². The van der Waals surface area contributed by atoms with Gasteiger partial charge in [0.25, 0.3) is 0 Å². The molecule has 1 aromatic rings. The summed E-state index contributed by atoms with van der Waals surface area (Å²) in [5.74, 6) is 0. The van der Waals surface area contributed by atoms with Gasteiger partial charge in [-0.3, -0.25) is 4.98 Å². The third-order valence-electron chi connectivity index (χ3n) is 2.82. The lowest BCUT2D eigenvalue weighted by Crippen LogP contribution is -2.33. The number of aliphatic hydroxyl groups excluding tert-OH is 1. The monoisotopic (exact) mass is 268 g/mol. The van der Waals surface area contributed by atoms with Crippen LogP contribution in [0.4, 0.5) is 0 Å². The summed E-state index contributed by atoms with van der Waals surface area (Å²) in [5.41, 5.74) is 1.10. The summed E-state index contributed by atoms with van der Waals surface area (Å²) in [6.45, 7) is 5.28. The van der Waals surface area contributed by atoms with Gasteiger partial charge in [0, 0.05) is 32.1 Å². The minimum Gasteiger partial charge on any atom is -0.389 e. The molecule has 0 aliphatic rings. The van der Waals surface area contributed by atoms with Gasteiger partial charge in [0.05, 0.1) is 25.4 Å². The summed E-state index contributed by atoms with van der Waals surface area (Å²) in [4.78, 5) is 4.07. The number of hydrogen-bond acceptors (Lipinski definition) is 5. The third kappa shape index (κ3) is 6.63. The highest BCUT2D eigenvalue weighted by atomic mass is 16.5. The number of nitrogens with zero attached hydrogens (tertiary/aromatic N) is 1. The molecule has 5 nitrogen and oxygen atoms in total. The zero-order valence-electron chi connectivity index (χ0n) is 11.9. The first-order chi connectivity index (χ1) is 9.13. The van der Waals surface area contributed by atoms with E-state index in [4.69, 9.17) is 9.47 Å². The molecule has 0 amide bonds. The van der Waals surface area contributed by atoms with E-state index in [1.165, 1.54) is 0 Å². The van der Waals surface area contributed by atoms with Gasteiger partial charge in [-0.2, -0.15) is 0 Å². The molecule has 0 saturated heterocycles. The van der Waals surface area contributed by atoms with Crippen molar-refractivity contribution in [3.05, 3.63) is 30.1 Å². The number of methoxy groups -OCH3 is 1. The first kappa shape index (κ1) is 16.0. The van der Waals surface area contributed by atoms with Crippen molar-refractivity contribution in [1.29, 1.82) is 0 Å². The van der Waals surface area contributed by atoms with Crippen molar-refractivity contribution in [3.63, 3.8) is 0 Å². The second kappa shape index (κ2) is 8.98. The summed E-state index contributed by atoms with van der Waals surface area (Å²) in [6, 6.07) is 4.06. The molecular weight excluding hydrogens is 244 g/mol. The maximum Gasteiger partial charge on any atom is 0.0898 e. The van der Waals surface area contributed by atoms with Crippen LogP contribution in [0.3, 0.4) is 0 Å². The number of pyridine rings is 1. The molecule has 0 fully saturated rings. The van der Waals surface area contributed by atoms with Gasteiger partial charge in [0.2, 0.25) is 0 Å². The van der Waals surface area contributed by atoms with Gasteiger partial charge in [-0.05, 0) is 25.5 Å². The number of ether oxygens (including phenoxy) is 2. The van der Waals surface area contributed by atoms with Crippen molar-refractivity contribution in [2.24, 2.45) is 0 Å². The lowest BCUT2D eigenvalue weighted by molar-refractivity contribution is -0.0315. The van der Waals surface area contributed by atoms with E-state index in [1.807, 2.05) is 32.2 Å². The number of nitrogens with one attached hydrogen (secondary N) is 1. The van der Waals surface area contributed by atoms with E-state index in [2.05, 4.69) is 10.3 Å². The molecule has 19 heavy (non-hydrogen) atoms. The van der Waals surface area contributed by atoms with Crippen molar-refractivity contribution in [2.75, 3.05) is 26.9 Å². The third-order valence-corrected chi connectivity index (χ3v) is 2.82. The molecule has 3 atom stereocenters. The summed E-state index contributed by atoms with van der Waals surface area (Å²) in [5, 5.41) is 13.1. The summed E-state index contributed by atoms with van der Waals surface area (Å²) in [6.07, 6.45) is 3.03. The van der Waals surface area contributed by atoms with Crippen LogP contribution in [-0.2, 0) is 9.47 Å². The number of rotatable bonds is 9. The van der Waals surface area contributed by atoms with Crippen molar-refractivity contribution in [1.82, 2.24) is 10.3 Å². The Bertz CT molecular complexity index is 335. The van der Waals surface area contributed by atoms with Crippen molar-refractivity contribution in [3.8, 4) is 0 Å². The molecular formula is C14H24N2O3. The highest BCUT2D eigenvalue weighted by Crippen LogP contribution is 2.09. The maximum atomic E-state index is 9.82. The summed E-state index contributed by atoms with van der Waals surface area (Å²) < 4.78 is 10.4. The van der Waals surface area contributed by atoms with Crippen LogP contribution in [0.2, 0.25) is 0 Å².